The third-order valence-corrected chi connectivity index (χ3v) is 4.98. The molecule has 3 rings (SSSR count). The zero-order chi connectivity index (χ0) is 16.2. The van der Waals surface area contributed by atoms with Gasteiger partial charge in [0.05, 0.1) is 12.0 Å². The highest BCUT2D eigenvalue weighted by atomic mass is 35.5. The molecule has 1 aromatic rings. The van der Waals surface area contributed by atoms with E-state index in [1.54, 1.807) is 0 Å². The maximum absolute atomic E-state index is 12.6. The highest BCUT2D eigenvalue weighted by molar-refractivity contribution is 5.85. The number of hydrogen-bond acceptors (Lipinski definition) is 6. The molecule has 3 heterocycles. The summed E-state index contributed by atoms with van der Waals surface area (Å²) < 4.78 is 5.35. The summed E-state index contributed by atoms with van der Waals surface area (Å²) in [7, 11) is 0. The second-order valence-corrected chi connectivity index (χ2v) is 6.48. The first kappa shape index (κ1) is 22.2. The first-order chi connectivity index (χ1) is 11.2. The number of rotatable bonds is 4. The number of carbonyl (C=O) groups is 1. The van der Waals surface area contributed by atoms with Crippen molar-refractivity contribution in [1.82, 2.24) is 25.3 Å². The van der Waals surface area contributed by atoms with Gasteiger partial charge in [0.15, 0.2) is 5.82 Å². The number of piperazine rings is 1. The zero-order valence-electron chi connectivity index (χ0n) is 14.9. The molecule has 0 saturated carbocycles. The second kappa shape index (κ2) is 10.3. The molecule has 0 bridgehead atoms. The summed E-state index contributed by atoms with van der Waals surface area (Å²) in [5, 5.41) is 7.30. The maximum atomic E-state index is 12.6. The fraction of sp³-hybridized carbons (Fsp3) is 0.812. The van der Waals surface area contributed by atoms with Crippen LogP contribution in [0.4, 0.5) is 0 Å². The molecule has 2 saturated heterocycles. The molecular formula is C16H29Cl2N5O2. The smallest absolute Gasteiger partial charge is 0.243 e. The molecule has 144 valence electrons. The van der Waals surface area contributed by atoms with Gasteiger partial charge in [0.25, 0.3) is 0 Å². The number of amides is 1. The lowest BCUT2D eigenvalue weighted by Crippen LogP contribution is -2.52. The van der Waals surface area contributed by atoms with Crippen LogP contribution in [0.5, 0.6) is 0 Å². The standard InChI is InChI=1S/C16H27N5O2.2ClH/c1-3-14-18-15(23-19-14)12(2)20-7-9-21(10-8-20)16(22)13-5-4-6-17-11-13;;/h12-13,17H,3-11H2,1-2H3;2*1H. The fourth-order valence-electron chi connectivity index (χ4n) is 3.39. The van der Waals surface area contributed by atoms with Crippen LogP contribution in [0.15, 0.2) is 4.52 Å². The lowest BCUT2D eigenvalue weighted by molar-refractivity contribution is -0.138. The third-order valence-electron chi connectivity index (χ3n) is 4.98. The number of halogens is 2. The Hall–Kier alpha value is -0.890. The Morgan fingerprint density at radius 3 is 2.60 bits per heavy atom. The molecule has 1 N–H and O–H groups in total. The molecule has 2 aliphatic heterocycles. The highest BCUT2D eigenvalue weighted by Gasteiger charge is 2.31. The van der Waals surface area contributed by atoms with Gasteiger partial charge in [0, 0.05) is 39.1 Å². The van der Waals surface area contributed by atoms with Gasteiger partial charge in [-0.15, -0.1) is 24.8 Å². The summed E-state index contributed by atoms with van der Waals surface area (Å²) in [4.78, 5) is 21.3. The minimum absolute atomic E-state index is 0. The van der Waals surface area contributed by atoms with Gasteiger partial charge >= 0.3 is 0 Å². The predicted octanol–water partition coefficient (Wildman–Crippen LogP) is 1.68. The number of aryl methyl sites for hydroxylation is 1. The van der Waals surface area contributed by atoms with Crippen molar-refractivity contribution in [3.63, 3.8) is 0 Å². The Bertz CT molecular complexity index is 528. The molecule has 1 aromatic heterocycles. The van der Waals surface area contributed by atoms with Crippen LogP contribution < -0.4 is 5.32 Å². The molecule has 25 heavy (non-hydrogen) atoms. The number of hydrogen-bond donors (Lipinski definition) is 1. The number of nitrogens with one attached hydrogen (secondary N) is 1. The molecular weight excluding hydrogens is 365 g/mol. The molecule has 2 unspecified atom stereocenters. The molecule has 0 aromatic carbocycles. The summed E-state index contributed by atoms with van der Waals surface area (Å²) >= 11 is 0. The predicted molar refractivity (Wildman–Crippen MR) is 100 cm³/mol. The minimum atomic E-state index is 0. The average Bonchev–Trinajstić information content (AvgIpc) is 3.10. The monoisotopic (exact) mass is 393 g/mol. The molecule has 0 aliphatic carbocycles. The molecule has 7 nitrogen and oxygen atoms in total. The lowest BCUT2D eigenvalue weighted by atomic mass is 9.98. The maximum Gasteiger partial charge on any atom is 0.243 e. The van der Waals surface area contributed by atoms with Crippen LogP contribution >= 0.6 is 24.8 Å². The normalized spacial score (nSPS) is 22.6. The van der Waals surface area contributed by atoms with Gasteiger partial charge in [-0.25, -0.2) is 0 Å². The third kappa shape index (κ3) is 5.29. The molecule has 2 fully saturated rings. The van der Waals surface area contributed by atoms with Crippen molar-refractivity contribution in [1.29, 1.82) is 0 Å². The largest absolute Gasteiger partial charge is 0.340 e. The topological polar surface area (TPSA) is 74.5 Å². The molecule has 0 spiro atoms. The van der Waals surface area contributed by atoms with Crippen molar-refractivity contribution in [3.05, 3.63) is 11.7 Å². The van der Waals surface area contributed by atoms with Gasteiger partial charge in [-0.05, 0) is 26.3 Å². The van der Waals surface area contributed by atoms with Crippen LogP contribution in [0.3, 0.4) is 0 Å². The van der Waals surface area contributed by atoms with Crippen molar-refractivity contribution in [2.24, 2.45) is 5.92 Å². The Labute approximate surface area is 161 Å². The van der Waals surface area contributed by atoms with Gasteiger partial charge < -0.3 is 14.7 Å². The second-order valence-electron chi connectivity index (χ2n) is 6.48. The van der Waals surface area contributed by atoms with E-state index in [-0.39, 0.29) is 36.8 Å². The first-order valence-corrected chi connectivity index (χ1v) is 8.75. The Morgan fingerprint density at radius 1 is 1.32 bits per heavy atom. The number of aromatic nitrogens is 2. The minimum Gasteiger partial charge on any atom is -0.340 e. The molecule has 0 radical (unpaired) electrons. The average molecular weight is 394 g/mol. The van der Waals surface area contributed by atoms with E-state index in [0.717, 1.165) is 64.4 Å². The number of piperidine rings is 1. The zero-order valence-corrected chi connectivity index (χ0v) is 16.6. The van der Waals surface area contributed by atoms with E-state index in [1.165, 1.54) is 0 Å². The van der Waals surface area contributed by atoms with Gasteiger partial charge in [-0.2, -0.15) is 4.98 Å². The van der Waals surface area contributed by atoms with E-state index < -0.39 is 0 Å². The lowest BCUT2D eigenvalue weighted by Gasteiger charge is -2.38. The van der Waals surface area contributed by atoms with Gasteiger partial charge in [-0.3, -0.25) is 9.69 Å². The van der Waals surface area contributed by atoms with Crippen LogP contribution in [-0.4, -0.2) is 65.1 Å². The Kier molecular flexibility index (Phi) is 9.13. The van der Waals surface area contributed by atoms with Crippen molar-refractivity contribution in [3.8, 4) is 0 Å². The Morgan fingerprint density at radius 2 is 2.04 bits per heavy atom. The summed E-state index contributed by atoms with van der Waals surface area (Å²) in [6.45, 7) is 9.27. The molecule has 1 amide bonds. The van der Waals surface area contributed by atoms with E-state index in [2.05, 4.69) is 27.3 Å². The first-order valence-electron chi connectivity index (χ1n) is 8.75. The van der Waals surface area contributed by atoms with Crippen molar-refractivity contribution in [2.75, 3.05) is 39.3 Å². The summed E-state index contributed by atoms with van der Waals surface area (Å²) in [6, 6.07) is 0.108. The fourth-order valence-corrected chi connectivity index (χ4v) is 3.39. The summed E-state index contributed by atoms with van der Waals surface area (Å²) in [6.07, 6.45) is 2.91. The number of nitrogens with zero attached hydrogens (tertiary/aromatic N) is 4. The quantitative estimate of drug-likeness (QED) is 0.838. The van der Waals surface area contributed by atoms with Crippen LogP contribution in [0.25, 0.3) is 0 Å². The van der Waals surface area contributed by atoms with Gasteiger partial charge in [0.2, 0.25) is 11.8 Å². The van der Waals surface area contributed by atoms with E-state index >= 15 is 0 Å². The van der Waals surface area contributed by atoms with Crippen LogP contribution in [0.1, 0.15) is 44.4 Å². The van der Waals surface area contributed by atoms with Crippen LogP contribution in [0.2, 0.25) is 0 Å². The van der Waals surface area contributed by atoms with E-state index in [4.69, 9.17) is 4.52 Å². The SMILES string of the molecule is CCc1noc(C(C)N2CCN(C(=O)C3CCCNC3)CC2)n1.Cl.Cl. The van der Waals surface area contributed by atoms with Crippen molar-refractivity contribution in [2.45, 2.75) is 39.2 Å². The molecule has 2 atom stereocenters. The van der Waals surface area contributed by atoms with E-state index in [9.17, 15) is 4.79 Å². The van der Waals surface area contributed by atoms with Crippen molar-refractivity contribution >= 4 is 30.7 Å². The highest BCUT2D eigenvalue weighted by Crippen LogP contribution is 2.21. The Balaban J connectivity index is 0.00000156. The van der Waals surface area contributed by atoms with Gasteiger partial charge in [-0.1, -0.05) is 12.1 Å². The van der Waals surface area contributed by atoms with Crippen LogP contribution in [0, 0.1) is 5.92 Å². The van der Waals surface area contributed by atoms with Gasteiger partial charge in [0.1, 0.15) is 0 Å². The van der Waals surface area contributed by atoms with E-state index in [1.807, 2.05) is 11.8 Å². The number of carbonyl (C=O) groups excluding carboxylic acids is 1. The molecule has 9 heteroatoms. The van der Waals surface area contributed by atoms with Crippen LogP contribution in [-0.2, 0) is 11.2 Å². The van der Waals surface area contributed by atoms with E-state index in [0.29, 0.717) is 11.8 Å². The summed E-state index contributed by atoms with van der Waals surface area (Å²) in [5.41, 5.74) is 0. The molecule has 2 aliphatic rings. The van der Waals surface area contributed by atoms with Crippen molar-refractivity contribution < 1.29 is 9.32 Å². The summed E-state index contributed by atoms with van der Waals surface area (Å²) in [5.74, 6) is 1.91.